The van der Waals surface area contributed by atoms with Crippen LogP contribution in [0.2, 0.25) is 0 Å². The van der Waals surface area contributed by atoms with E-state index < -0.39 is 10.0 Å². The third-order valence-corrected chi connectivity index (χ3v) is 5.07. The Kier molecular flexibility index (Phi) is 7.71. The van der Waals surface area contributed by atoms with Crippen molar-refractivity contribution in [3.05, 3.63) is 24.3 Å². The van der Waals surface area contributed by atoms with Gasteiger partial charge in [0, 0.05) is 13.6 Å². The van der Waals surface area contributed by atoms with Crippen molar-refractivity contribution < 1.29 is 13.2 Å². The number of hydrogen-bond donors (Lipinski definition) is 1. The van der Waals surface area contributed by atoms with Gasteiger partial charge in [-0.3, -0.25) is 0 Å². The van der Waals surface area contributed by atoms with Crippen LogP contribution in [0.5, 0.6) is 5.75 Å². The Labute approximate surface area is 128 Å². The highest BCUT2D eigenvalue weighted by Crippen LogP contribution is 2.19. The van der Waals surface area contributed by atoms with Crippen LogP contribution in [0.4, 0.5) is 0 Å². The molecule has 0 spiro atoms. The van der Waals surface area contributed by atoms with Gasteiger partial charge in [-0.15, -0.1) is 0 Å². The van der Waals surface area contributed by atoms with E-state index in [-0.39, 0.29) is 0 Å². The Bertz CT molecular complexity index is 500. The van der Waals surface area contributed by atoms with Gasteiger partial charge < -0.3 is 10.1 Å². The Morgan fingerprint density at radius 2 is 1.86 bits per heavy atom. The van der Waals surface area contributed by atoms with Crippen LogP contribution in [0.3, 0.4) is 0 Å². The summed E-state index contributed by atoms with van der Waals surface area (Å²) < 4.78 is 31.6. The molecule has 0 atom stereocenters. The summed E-state index contributed by atoms with van der Waals surface area (Å²) in [4.78, 5) is 0.309. The van der Waals surface area contributed by atoms with Crippen LogP contribution in [0.1, 0.15) is 26.2 Å². The average molecular weight is 314 g/mol. The lowest BCUT2D eigenvalue weighted by Gasteiger charge is -2.17. The van der Waals surface area contributed by atoms with Gasteiger partial charge in [0.15, 0.2) is 0 Å². The quantitative estimate of drug-likeness (QED) is 0.672. The predicted molar refractivity (Wildman–Crippen MR) is 85.2 cm³/mol. The summed E-state index contributed by atoms with van der Waals surface area (Å²) in [6, 6.07) is 6.62. The van der Waals surface area contributed by atoms with Gasteiger partial charge in [0.1, 0.15) is 5.75 Å². The van der Waals surface area contributed by atoms with Crippen molar-refractivity contribution in [2.45, 2.75) is 31.1 Å². The van der Waals surface area contributed by atoms with Crippen molar-refractivity contribution in [2.75, 3.05) is 33.8 Å². The largest absolute Gasteiger partial charge is 0.494 e. The Balaban J connectivity index is 2.63. The van der Waals surface area contributed by atoms with Gasteiger partial charge in [-0.25, -0.2) is 12.7 Å². The first kappa shape index (κ1) is 17.9. The molecule has 1 rings (SSSR count). The van der Waals surface area contributed by atoms with Gasteiger partial charge in [0.25, 0.3) is 0 Å². The van der Waals surface area contributed by atoms with Crippen molar-refractivity contribution in [3.63, 3.8) is 0 Å². The number of nitrogens with one attached hydrogen (secondary N) is 1. The molecule has 0 amide bonds. The van der Waals surface area contributed by atoms with Gasteiger partial charge in [-0.05, 0) is 50.7 Å². The van der Waals surface area contributed by atoms with E-state index in [1.165, 1.54) is 4.31 Å². The maximum Gasteiger partial charge on any atom is 0.242 e. The van der Waals surface area contributed by atoms with Gasteiger partial charge in [0.2, 0.25) is 10.0 Å². The SMILES string of the molecule is CCCCN(C)S(=O)(=O)c1ccc(OCCCNC)cc1. The second kappa shape index (κ2) is 9.02. The molecular weight excluding hydrogens is 288 g/mol. The molecule has 5 nitrogen and oxygen atoms in total. The molecular formula is C15H26N2O3S. The standard InChI is InChI=1S/C15H26N2O3S/c1-4-5-12-17(3)21(18,19)15-9-7-14(8-10-15)20-13-6-11-16-2/h7-10,16H,4-6,11-13H2,1-3H3. The third-order valence-electron chi connectivity index (χ3n) is 3.20. The van der Waals surface area contributed by atoms with Crippen molar-refractivity contribution in [3.8, 4) is 5.75 Å². The van der Waals surface area contributed by atoms with E-state index in [9.17, 15) is 8.42 Å². The minimum absolute atomic E-state index is 0.309. The normalized spacial score (nSPS) is 11.8. The highest BCUT2D eigenvalue weighted by atomic mass is 32.2. The number of hydrogen-bond acceptors (Lipinski definition) is 4. The van der Waals surface area contributed by atoms with E-state index in [1.807, 2.05) is 14.0 Å². The molecule has 0 saturated heterocycles. The van der Waals surface area contributed by atoms with Gasteiger partial charge >= 0.3 is 0 Å². The molecule has 6 heteroatoms. The van der Waals surface area contributed by atoms with Crippen LogP contribution in [0.25, 0.3) is 0 Å². The second-order valence-electron chi connectivity index (χ2n) is 4.96. The van der Waals surface area contributed by atoms with E-state index in [4.69, 9.17) is 4.74 Å². The molecule has 0 aliphatic rings. The Hall–Kier alpha value is -1.11. The molecule has 0 fully saturated rings. The summed E-state index contributed by atoms with van der Waals surface area (Å²) in [5.74, 6) is 0.696. The van der Waals surface area contributed by atoms with Gasteiger partial charge in [-0.2, -0.15) is 0 Å². The summed E-state index contributed by atoms with van der Waals surface area (Å²) in [7, 11) is 0.126. The first-order chi connectivity index (χ1) is 10.0. The molecule has 0 aromatic heterocycles. The molecule has 1 aromatic rings. The maximum atomic E-state index is 12.3. The van der Waals surface area contributed by atoms with E-state index in [0.29, 0.717) is 23.8 Å². The molecule has 21 heavy (non-hydrogen) atoms. The van der Waals surface area contributed by atoms with Crippen LogP contribution < -0.4 is 10.1 Å². The molecule has 1 aromatic carbocycles. The minimum Gasteiger partial charge on any atom is -0.494 e. The van der Waals surface area contributed by atoms with E-state index in [2.05, 4.69) is 5.32 Å². The van der Waals surface area contributed by atoms with Crippen molar-refractivity contribution >= 4 is 10.0 Å². The summed E-state index contributed by atoms with van der Waals surface area (Å²) in [5, 5.41) is 3.05. The van der Waals surface area contributed by atoms with Crippen LogP contribution in [-0.4, -0.2) is 46.5 Å². The highest BCUT2D eigenvalue weighted by molar-refractivity contribution is 7.89. The fourth-order valence-corrected chi connectivity index (χ4v) is 3.04. The number of ether oxygens (including phenoxy) is 1. The molecule has 0 aliphatic heterocycles. The lowest BCUT2D eigenvalue weighted by atomic mass is 10.3. The van der Waals surface area contributed by atoms with Crippen LogP contribution in [0, 0.1) is 0 Å². The Morgan fingerprint density at radius 3 is 2.43 bits per heavy atom. The molecule has 120 valence electrons. The fourth-order valence-electron chi connectivity index (χ4n) is 1.83. The number of unbranched alkanes of at least 4 members (excludes halogenated alkanes) is 1. The summed E-state index contributed by atoms with van der Waals surface area (Å²) >= 11 is 0. The first-order valence-corrected chi connectivity index (χ1v) is 8.80. The zero-order valence-corrected chi connectivity index (χ0v) is 13.9. The van der Waals surface area contributed by atoms with Crippen molar-refractivity contribution in [1.29, 1.82) is 0 Å². The number of benzene rings is 1. The van der Waals surface area contributed by atoms with Gasteiger partial charge in [-0.1, -0.05) is 13.3 Å². The smallest absolute Gasteiger partial charge is 0.242 e. The minimum atomic E-state index is -3.39. The molecule has 0 bridgehead atoms. The Morgan fingerprint density at radius 1 is 1.19 bits per heavy atom. The lowest BCUT2D eigenvalue weighted by Crippen LogP contribution is -2.27. The van der Waals surface area contributed by atoms with Crippen LogP contribution >= 0.6 is 0 Å². The molecule has 0 aliphatic carbocycles. The first-order valence-electron chi connectivity index (χ1n) is 7.36. The molecule has 0 unspecified atom stereocenters. The average Bonchev–Trinajstić information content (AvgIpc) is 2.49. The predicted octanol–water partition coefficient (Wildman–Crippen LogP) is 2.10. The van der Waals surface area contributed by atoms with Crippen LogP contribution in [-0.2, 0) is 10.0 Å². The van der Waals surface area contributed by atoms with Crippen molar-refractivity contribution in [1.82, 2.24) is 9.62 Å². The zero-order chi connectivity index (χ0) is 15.7. The highest BCUT2D eigenvalue weighted by Gasteiger charge is 2.19. The van der Waals surface area contributed by atoms with E-state index in [0.717, 1.165) is 25.8 Å². The van der Waals surface area contributed by atoms with E-state index >= 15 is 0 Å². The lowest BCUT2D eigenvalue weighted by molar-refractivity contribution is 0.309. The molecule has 1 N–H and O–H groups in total. The molecule has 0 saturated carbocycles. The monoisotopic (exact) mass is 314 g/mol. The van der Waals surface area contributed by atoms with Gasteiger partial charge in [0.05, 0.1) is 11.5 Å². The van der Waals surface area contributed by atoms with E-state index in [1.54, 1.807) is 31.3 Å². The van der Waals surface area contributed by atoms with Crippen molar-refractivity contribution in [2.24, 2.45) is 0 Å². The number of nitrogens with zero attached hydrogens (tertiary/aromatic N) is 1. The topological polar surface area (TPSA) is 58.6 Å². The number of rotatable bonds is 10. The second-order valence-corrected chi connectivity index (χ2v) is 7.00. The maximum absolute atomic E-state index is 12.3. The third kappa shape index (κ3) is 5.65. The fraction of sp³-hybridized carbons (Fsp3) is 0.600. The summed E-state index contributed by atoms with van der Waals surface area (Å²) in [6.45, 7) is 4.10. The molecule has 0 heterocycles. The summed E-state index contributed by atoms with van der Waals surface area (Å²) in [5.41, 5.74) is 0. The van der Waals surface area contributed by atoms with Crippen LogP contribution in [0.15, 0.2) is 29.2 Å². The zero-order valence-electron chi connectivity index (χ0n) is 13.1. The summed E-state index contributed by atoms with van der Waals surface area (Å²) in [6.07, 6.45) is 2.75. The molecule has 0 radical (unpaired) electrons. The number of sulfonamides is 1.